The van der Waals surface area contributed by atoms with Crippen LogP contribution in [0.25, 0.3) is 0 Å². The van der Waals surface area contributed by atoms with E-state index in [9.17, 15) is 4.79 Å². The first-order valence-corrected chi connectivity index (χ1v) is 8.95. The fourth-order valence-corrected chi connectivity index (χ4v) is 3.24. The van der Waals surface area contributed by atoms with Gasteiger partial charge >= 0.3 is 0 Å². The van der Waals surface area contributed by atoms with Crippen LogP contribution in [0.2, 0.25) is 5.02 Å². The second kappa shape index (κ2) is 7.97. The summed E-state index contributed by atoms with van der Waals surface area (Å²) in [4.78, 5) is 12.4. The van der Waals surface area contributed by atoms with E-state index >= 15 is 0 Å². The molecule has 0 aromatic heterocycles. The van der Waals surface area contributed by atoms with Gasteiger partial charge in [0.25, 0.3) is 5.91 Å². The van der Waals surface area contributed by atoms with Crippen molar-refractivity contribution in [3.8, 4) is 17.2 Å². The number of benzene rings is 2. The minimum Gasteiger partial charge on any atom is -0.497 e. The molecular formula is C18H17BrClNO4. The maximum absolute atomic E-state index is 12.4. The number of rotatable bonds is 5. The molecule has 2 aromatic rings. The summed E-state index contributed by atoms with van der Waals surface area (Å²) >= 11 is 9.61. The minimum absolute atomic E-state index is 0.172. The summed E-state index contributed by atoms with van der Waals surface area (Å²) in [6, 6.07) is 9.00. The van der Waals surface area contributed by atoms with Gasteiger partial charge in [0.05, 0.1) is 17.7 Å². The van der Waals surface area contributed by atoms with Crippen molar-refractivity contribution in [1.29, 1.82) is 0 Å². The van der Waals surface area contributed by atoms with Crippen LogP contribution in [0.3, 0.4) is 0 Å². The van der Waals surface area contributed by atoms with Crippen LogP contribution in [0.1, 0.15) is 15.9 Å². The van der Waals surface area contributed by atoms with E-state index in [0.29, 0.717) is 58.5 Å². The maximum atomic E-state index is 12.4. The van der Waals surface area contributed by atoms with Crippen LogP contribution in [0.5, 0.6) is 17.2 Å². The molecule has 1 aliphatic rings. The van der Waals surface area contributed by atoms with Gasteiger partial charge in [-0.15, -0.1) is 0 Å². The summed E-state index contributed by atoms with van der Waals surface area (Å²) in [7, 11) is 1.57. The predicted octanol–water partition coefficient (Wildman–Crippen LogP) is 3.85. The number of methoxy groups -OCH3 is 1. The summed E-state index contributed by atoms with van der Waals surface area (Å²) in [5, 5.41) is 3.42. The van der Waals surface area contributed by atoms with Crippen molar-refractivity contribution in [1.82, 2.24) is 5.32 Å². The lowest BCUT2D eigenvalue weighted by atomic mass is 10.1. The summed E-state index contributed by atoms with van der Waals surface area (Å²) < 4.78 is 16.9. The molecule has 1 heterocycles. The summed E-state index contributed by atoms with van der Waals surface area (Å²) in [6.45, 7) is 1.48. The lowest BCUT2D eigenvalue weighted by Gasteiger charge is -2.20. The van der Waals surface area contributed by atoms with Crippen LogP contribution in [0.4, 0.5) is 0 Å². The molecule has 0 spiro atoms. The van der Waals surface area contributed by atoms with Gasteiger partial charge in [-0.05, 0) is 58.2 Å². The molecule has 0 bridgehead atoms. The molecule has 0 atom stereocenters. The molecule has 1 aliphatic heterocycles. The Hall–Kier alpha value is -1.92. The number of nitrogens with one attached hydrogen (secondary N) is 1. The third-order valence-electron chi connectivity index (χ3n) is 3.77. The molecule has 1 amide bonds. The molecule has 0 radical (unpaired) electrons. The fraction of sp³-hybridized carbons (Fsp3) is 0.278. The second-order valence-corrected chi connectivity index (χ2v) is 6.72. The standard InChI is InChI=1S/C18H17BrClNO4/c1-23-12-2-3-14(19)13(10-12)18(22)21-5-4-11-8-15(20)17-16(9-11)24-6-7-25-17/h2-3,8-10H,4-7H2,1H3,(H,21,22). The average Bonchev–Trinajstić information content (AvgIpc) is 2.62. The van der Waals surface area contributed by atoms with Gasteiger partial charge in [-0.2, -0.15) is 0 Å². The summed E-state index contributed by atoms with van der Waals surface area (Å²) in [5.41, 5.74) is 1.50. The second-order valence-electron chi connectivity index (χ2n) is 5.45. The van der Waals surface area contributed by atoms with Crippen LogP contribution < -0.4 is 19.5 Å². The number of carbonyl (C=O) groups excluding carboxylic acids is 1. The summed E-state index contributed by atoms with van der Waals surface area (Å²) in [5.74, 6) is 1.69. The van der Waals surface area contributed by atoms with Crippen LogP contribution in [-0.4, -0.2) is 32.8 Å². The smallest absolute Gasteiger partial charge is 0.252 e. The minimum atomic E-state index is -0.172. The lowest BCUT2D eigenvalue weighted by Crippen LogP contribution is -2.26. The van der Waals surface area contributed by atoms with E-state index in [-0.39, 0.29) is 5.91 Å². The van der Waals surface area contributed by atoms with Gasteiger partial charge in [0.15, 0.2) is 11.5 Å². The first-order valence-electron chi connectivity index (χ1n) is 7.78. The molecule has 0 fully saturated rings. The van der Waals surface area contributed by atoms with E-state index in [2.05, 4.69) is 21.2 Å². The Kier molecular flexibility index (Phi) is 5.71. The number of ether oxygens (including phenoxy) is 3. The van der Waals surface area contributed by atoms with Crippen molar-refractivity contribution in [2.75, 3.05) is 26.9 Å². The van der Waals surface area contributed by atoms with Crippen molar-refractivity contribution in [2.45, 2.75) is 6.42 Å². The maximum Gasteiger partial charge on any atom is 0.252 e. The SMILES string of the molecule is COc1ccc(Br)c(C(=O)NCCc2cc(Cl)c3c(c2)OCCO3)c1. The van der Waals surface area contributed by atoms with Gasteiger partial charge in [-0.3, -0.25) is 4.79 Å². The molecule has 7 heteroatoms. The van der Waals surface area contributed by atoms with E-state index in [0.717, 1.165) is 5.56 Å². The third-order valence-corrected chi connectivity index (χ3v) is 4.75. The van der Waals surface area contributed by atoms with E-state index in [1.54, 1.807) is 25.3 Å². The van der Waals surface area contributed by atoms with Gasteiger partial charge in [-0.1, -0.05) is 11.6 Å². The largest absolute Gasteiger partial charge is 0.497 e. The molecule has 25 heavy (non-hydrogen) atoms. The monoisotopic (exact) mass is 425 g/mol. The molecule has 1 N–H and O–H groups in total. The van der Waals surface area contributed by atoms with Crippen LogP contribution in [0, 0.1) is 0 Å². The number of hydrogen-bond acceptors (Lipinski definition) is 4. The van der Waals surface area contributed by atoms with Crippen molar-refractivity contribution in [2.24, 2.45) is 0 Å². The molecule has 2 aromatic carbocycles. The molecule has 3 rings (SSSR count). The number of hydrogen-bond donors (Lipinski definition) is 1. The normalized spacial score (nSPS) is 12.6. The Balaban J connectivity index is 1.63. The molecule has 5 nitrogen and oxygen atoms in total. The Morgan fingerprint density at radius 1 is 1.28 bits per heavy atom. The molecule has 0 saturated carbocycles. The first kappa shape index (κ1) is 17.9. The van der Waals surface area contributed by atoms with E-state index in [1.165, 1.54) is 0 Å². The number of amides is 1. The van der Waals surface area contributed by atoms with Gasteiger partial charge in [0, 0.05) is 11.0 Å². The van der Waals surface area contributed by atoms with Crippen LogP contribution in [0.15, 0.2) is 34.8 Å². The van der Waals surface area contributed by atoms with Crippen molar-refractivity contribution in [3.05, 3.63) is 51.0 Å². The Labute approximate surface area is 159 Å². The Morgan fingerprint density at radius 3 is 2.88 bits per heavy atom. The fourth-order valence-electron chi connectivity index (χ4n) is 2.53. The molecule has 0 unspecified atom stereocenters. The highest BCUT2D eigenvalue weighted by atomic mass is 79.9. The van der Waals surface area contributed by atoms with E-state index in [4.69, 9.17) is 25.8 Å². The Bertz CT molecular complexity index is 797. The van der Waals surface area contributed by atoms with Crippen molar-refractivity contribution in [3.63, 3.8) is 0 Å². The van der Waals surface area contributed by atoms with Gasteiger partial charge < -0.3 is 19.5 Å². The lowest BCUT2D eigenvalue weighted by molar-refractivity contribution is 0.0953. The Morgan fingerprint density at radius 2 is 2.08 bits per heavy atom. The average molecular weight is 427 g/mol. The topological polar surface area (TPSA) is 56.8 Å². The highest BCUT2D eigenvalue weighted by Crippen LogP contribution is 2.38. The quantitative estimate of drug-likeness (QED) is 0.789. The van der Waals surface area contributed by atoms with E-state index < -0.39 is 0 Å². The summed E-state index contributed by atoms with van der Waals surface area (Å²) in [6.07, 6.45) is 0.629. The highest BCUT2D eigenvalue weighted by molar-refractivity contribution is 9.10. The van der Waals surface area contributed by atoms with Gasteiger partial charge in [0.1, 0.15) is 19.0 Å². The zero-order chi connectivity index (χ0) is 17.8. The number of fused-ring (bicyclic) bond motifs is 1. The molecule has 132 valence electrons. The third kappa shape index (κ3) is 4.19. The zero-order valence-corrected chi connectivity index (χ0v) is 15.9. The number of halogens is 2. The van der Waals surface area contributed by atoms with Crippen molar-refractivity contribution >= 4 is 33.4 Å². The van der Waals surface area contributed by atoms with Gasteiger partial charge in [0.2, 0.25) is 0 Å². The molecular weight excluding hydrogens is 410 g/mol. The number of carbonyl (C=O) groups is 1. The molecule has 0 saturated heterocycles. The van der Waals surface area contributed by atoms with Crippen LogP contribution >= 0.6 is 27.5 Å². The highest BCUT2D eigenvalue weighted by Gasteiger charge is 2.17. The van der Waals surface area contributed by atoms with E-state index in [1.807, 2.05) is 12.1 Å². The van der Waals surface area contributed by atoms with Gasteiger partial charge in [-0.25, -0.2) is 0 Å². The first-order chi connectivity index (χ1) is 12.1. The zero-order valence-electron chi connectivity index (χ0n) is 13.6. The van der Waals surface area contributed by atoms with Crippen molar-refractivity contribution < 1.29 is 19.0 Å². The molecule has 0 aliphatic carbocycles. The van der Waals surface area contributed by atoms with Crippen LogP contribution in [-0.2, 0) is 6.42 Å². The predicted molar refractivity (Wildman–Crippen MR) is 99.2 cm³/mol.